The number of hydrogen-bond donors (Lipinski definition) is 1. The number of hydrogen-bond acceptors (Lipinski definition) is 4. The van der Waals surface area contributed by atoms with Crippen molar-refractivity contribution in [2.75, 3.05) is 17.3 Å². The molecule has 0 aliphatic heterocycles. The highest BCUT2D eigenvalue weighted by Gasteiger charge is 2.45. The summed E-state index contributed by atoms with van der Waals surface area (Å²) in [5, 5.41) is 8.28. The first-order valence-corrected chi connectivity index (χ1v) is 9.16. The molecule has 0 aromatic heterocycles. The minimum Gasteiger partial charge on any atom is -0.481 e. The predicted molar refractivity (Wildman–Crippen MR) is 70.7 cm³/mol. The van der Waals surface area contributed by atoms with E-state index in [2.05, 4.69) is 0 Å². The molecule has 1 N–H and O–H groups in total. The average Bonchev–Trinajstić information content (AvgIpc) is 2.93. The van der Waals surface area contributed by atoms with Crippen LogP contribution in [0.3, 0.4) is 0 Å². The standard InChI is InChI=1S/C11H20O5S2/c1-9(2)18(15,16)6-5-17(14)8-11(3-4-11)7-10(12)13/h9H,3-8H2,1-2H3,(H,12,13). The second kappa shape index (κ2) is 5.69. The molecule has 1 unspecified atom stereocenters. The fourth-order valence-electron chi connectivity index (χ4n) is 1.73. The molecule has 1 atom stereocenters. The van der Waals surface area contributed by atoms with Crippen molar-refractivity contribution < 1.29 is 22.5 Å². The van der Waals surface area contributed by atoms with Crippen molar-refractivity contribution in [3.05, 3.63) is 0 Å². The minimum atomic E-state index is -3.16. The molecule has 7 heteroatoms. The zero-order valence-electron chi connectivity index (χ0n) is 10.7. The Bertz CT molecular complexity index is 434. The summed E-state index contributed by atoms with van der Waals surface area (Å²) in [5.74, 6) is -0.533. The lowest BCUT2D eigenvalue weighted by Gasteiger charge is -2.12. The van der Waals surface area contributed by atoms with Gasteiger partial charge in [0.15, 0.2) is 9.84 Å². The molecule has 0 amide bonds. The van der Waals surface area contributed by atoms with E-state index in [0.29, 0.717) is 5.75 Å². The monoisotopic (exact) mass is 296 g/mol. The average molecular weight is 296 g/mol. The molecule has 0 bridgehead atoms. The maximum absolute atomic E-state index is 11.8. The van der Waals surface area contributed by atoms with Crippen LogP contribution in [0.25, 0.3) is 0 Å². The molecular weight excluding hydrogens is 276 g/mol. The lowest BCUT2D eigenvalue weighted by molar-refractivity contribution is -0.138. The maximum Gasteiger partial charge on any atom is 0.303 e. The molecule has 0 radical (unpaired) electrons. The number of carboxylic acid groups (broad SMARTS) is 1. The van der Waals surface area contributed by atoms with E-state index in [0.717, 1.165) is 12.8 Å². The second-order valence-electron chi connectivity index (χ2n) is 5.27. The molecular formula is C11H20O5S2. The van der Waals surface area contributed by atoms with Crippen molar-refractivity contribution in [1.82, 2.24) is 0 Å². The van der Waals surface area contributed by atoms with Gasteiger partial charge in [0, 0.05) is 22.3 Å². The van der Waals surface area contributed by atoms with Gasteiger partial charge in [-0.15, -0.1) is 0 Å². The van der Waals surface area contributed by atoms with E-state index in [1.54, 1.807) is 13.8 Å². The van der Waals surface area contributed by atoms with E-state index in [1.165, 1.54) is 0 Å². The molecule has 1 aliphatic rings. The Morgan fingerprint density at radius 3 is 2.33 bits per heavy atom. The Balaban J connectivity index is 2.42. The van der Waals surface area contributed by atoms with Gasteiger partial charge in [0.25, 0.3) is 0 Å². The van der Waals surface area contributed by atoms with Crippen molar-refractivity contribution in [3.63, 3.8) is 0 Å². The normalized spacial score (nSPS) is 19.7. The maximum atomic E-state index is 11.8. The Morgan fingerprint density at radius 1 is 1.39 bits per heavy atom. The third-order valence-electron chi connectivity index (χ3n) is 3.26. The quantitative estimate of drug-likeness (QED) is 0.716. The van der Waals surface area contributed by atoms with Gasteiger partial charge in [0.05, 0.1) is 17.4 Å². The SMILES string of the molecule is CC(C)S(=O)(=O)CCS(=O)CC1(CC(=O)O)CC1. The lowest BCUT2D eigenvalue weighted by Crippen LogP contribution is -2.25. The summed E-state index contributed by atoms with van der Waals surface area (Å²) in [6.45, 7) is 3.20. The molecule has 0 aromatic carbocycles. The summed E-state index contributed by atoms with van der Waals surface area (Å²) in [6, 6.07) is 0. The number of carboxylic acids is 1. The Labute approximate surface area is 110 Å². The highest BCUT2D eigenvalue weighted by atomic mass is 32.2. The summed E-state index contributed by atoms with van der Waals surface area (Å²) in [5.41, 5.74) is -0.335. The fourth-order valence-corrected chi connectivity index (χ4v) is 5.09. The largest absolute Gasteiger partial charge is 0.481 e. The summed E-state index contributed by atoms with van der Waals surface area (Å²) < 4.78 is 34.9. The first kappa shape index (κ1) is 15.6. The first-order valence-electron chi connectivity index (χ1n) is 5.95. The second-order valence-corrected chi connectivity index (χ2v) is 9.53. The van der Waals surface area contributed by atoms with Gasteiger partial charge >= 0.3 is 5.97 Å². The van der Waals surface area contributed by atoms with Crippen LogP contribution in [0.4, 0.5) is 0 Å². The Morgan fingerprint density at radius 2 is 1.94 bits per heavy atom. The number of rotatable bonds is 8. The lowest BCUT2D eigenvalue weighted by atomic mass is 10.1. The molecule has 0 heterocycles. The fraction of sp³-hybridized carbons (Fsp3) is 0.909. The molecule has 1 fully saturated rings. The van der Waals surface area contributed by atoms with E-state index in [9.17, 15) is 17.4 Å². The molecule has 5 nitrogen and oxygen atoms in total. The number of aliphatic carboxylic acids is 1. The number of sulfone groups is 1. The van der Waals surface area contributed by atoms with Crippen LogP contribution in [0.15, 0.2) is 0 Å². The van der Waals surface area contributed by atoms with E-state index in [1.807, 2.05) is 0 Å². The van der Waals surface area contributed by atoms with Crippen LogP contribution in [0.2, 0.25) is 0 Å². The van der Waals surface area contributed by atoms with Gasteiger partial charge in [-0.1, -0.05) is 0 Å². The van der Waals surface area contributed by atoms with Gasteiger partial charge in [0.2, 0.25) is 0 Å². The van der Waals surface area contributed by atoms with Crippen LogP contribution < -0.4 is 0 Å². The molecule has 0 saturated heterocycles. The topological polar surface area (TPSA) is 88.5 Å². The van der Waals surface area contributed by atoms with Crippen LogP contribution in [0.1, 0.15) is 33.1 Å². The molecule has 1 aliphatic carbocycles. The summed E-state index contributed by atoms with van der Waals surface area (Å²) in [4.78, 5) is 10.6. The molecule has 18 heavy (non-hydrogen) atoms. The minimum absolute atomic E-state index is 0.0374. The van der Waals surface area contributed by atoms with Gasteiger partial charge in [-0.2, -0.15) is 0 Å². The third kappa shape index (κ3) is 4.68. The van der Waals surface area contributed by atoms with Crippen LogP contribution in [0, 0.1) is 5.41 Å². The van der Waals surface area contributed by atoms with Crippen LogP contribution in [-0.4, -0.2) is 46.2 Å². The van der Waals surface area contributed by atoms with E-state index >= 15 is 0 Å². The van der Waals surface area contributed by atoms with Gasteiger partial charge in [0.1, 0.15) is 0 Å². The van der Waals surface area contributed by atoms with Crippen LogP contribution in [0.5, 0.6) is 0 Å². The Kier molecular flexibility index (Phi) is 4.94. The van der Waals surface area contributed by atoms with E-state index < -0.39 is 31.9 Å². The predicted octanol–water partition coefficient (Wildman–Crippen LogP) is 0.813. The van der Waals surface area contributed by atoms with Crippen molar-refractivity contribution in [2.45, 2.75) is 38.4 Å². The molecule has 1 rings (SSSR count). The van der Waals surface area contributed by atoms with Crippen molar-refractivity contribution in [2.24, 2.45) is 5.41 Å². The third-order valence-corrected chi connectivity index (χ3v) is 7.33. The zero-order chi connectivity index (χ0) is 14.0. The van der Waals surface area contributed by atoms with Gasteiger partial charge in [-0.25, -0.2) is 8.42 Å². The van der Waals surface area contributed by atoms with E-state index in [-0.39, 0.29) is 23.3 Å². The summed E-state index contributed by atoms with van der Waals surface area (Å²) >= 11 is 0. The molecule has 1 saturated carbocycles. The molecule has 106 valence electrons. The van der Waals surface area contributed by atoms with Crippen molar-refractivity contribution in [1.29, 1.82) is 0 Å². The smallest absolute Gasteiger partial charge is 0.303 e. The Hall–Kier alpha value is -0.430. The molecule has 0 aromatic rings. The first-order chi connectivity index (χ1) is 8.17. The van der Waals surface area contributed by atoms with Crippen LogP contribution in [-0.2, 0) is 25.4 Å². The van der Waals surface area contributed by atoms with Crippen molar-refractivity contribution >= 4 is 26.6 Å². The summed E-state index contributed by atoms with van der Waals surface area (Å²) in [6.07, 6.45) is 1.60. The van der Waals surface area contributed by atoms with Crippen LogP contribution >= 0.6 is 0 Å². The number of carbonyl (C=O) groups is 1. The van der Waals surface area contributed by atoms with Crippen molar-refractivity contribution in [3.8, 4) is 0 Å². The van der Waals surface area contributed by atoms with E-state index in [4.69, 9.17) is 5.11 Å². The molecule has 0 spiro atoms. The summed E-state index contributed by atoms with van der Waals surface area (Å²) in [7, 11) is -4.41. The van der Waals surface area contributed by atoms with Gasteiger partial charge < -0.3 is 5.11 Å². The van der Waals surface area contributed by atoms with Gasteiger partial charge in [-0.3, -0.25) is 9.00 Å². The zero-order valence-corrected chi connectivity index (χ0v) is 12.3. The highest BCUT2D eigenvalue weighted by Crippen LogP contribution is 2.49. The highest BCUT2D eigenvalue weighted by molar-refractivity contribution is 7.93. The van der Waals surface area contributed by atoms with Gasteiger partial charge in [-0.05, 0) is 32.1 Å².